The summed E-state index contributed by atoms with van der Waals surface area (Å²) in [4.78, 5) is 2.35. The highest BCUT2D eigenvalue weighted by atomic mass is 35.5. The molecule has 1 aromatic heterocycles. The summed E-state index contributed by atoms with van der Waals surface area (Å²) in [5.74, 6) is 0. The third kappa shape index (κ3) is 2.30. The summed E-state index contributed by atoms with van der Waals surface area (Å²) in [6.07, 6.45) is 2.28. The van der Waals surface area contributed by atoms with Crippen LogP contribution in [0.2, 0.25) is 5.02 Å². The maximum absolute atomic E-state index is 6.27. The number of aromatic nitrogens is 2. The van der Waals surface area contributed by atoms with Crippen molar-refractivity contribution in [1.82, 2.24) is 13.6 Å². The fourth-order valence-electron chi connectivity index (χ4n) is 2.32. The number of hydrogen-bond acceptors (Lipinski definition) is 5. The summed E-state index contributed by atoms with van der Waals surface area (Å²) >= 11 is 7.50. The lowest BCUT2D eigenvalue weighted by Gasteiger charge is -2.30. The Bertz CT molecular complexity index is 548. The molecule has 1 aromatic carbocycles. The molecule has 6 heteroatoms. The van der Waals surface area contributed by atoms with Gasteiger partial charge in [-0.3, -0.25) is 0 Å². The number of benzene rings is 1. The van der Waals surface area contributed by atoms with Crippen LogP contribution in [0.5, 0.6) is 0 Å². The van der Waals surface area contributed by atoms with E-state index in [0.29, 0.717) is 6.04 Å². The monoisotopic (exact) mass is 282 g/mol. The van der Waals surface area contributed by atoms with Crippen LogP contribution in [0.15, 0.2) is 12.1 Å². The quantitative estimate of drug-likeness (QED) is 0.920. The molecule has 0 aliphatic carbocycles. The maximum atomic E-state index is 6.27. The van der Waals surface area contributed by atoms with Gasteiger partial charge in [0.1, 0.15) is 11.0 Å². The summed E-state index contributed by atoms with van der Waals surface area (Å²) < 4.78 is 8.58. The van der Waals surface area contributed by atoms with E-state index in [4.69, 9.17) is 11.6 Å². The first-order valence-electron chi connectivity index (χ1n) is 6.10. The lowest BCUT2D eigenvalue weighted by atomic mass is 10.1. The molecule has 0 atom stereocenters. The summed E-state index contributed by atoms with van der Waals surface area (Å²) in [5.41, 5.74) is 2.75. The van der Waals surface area contributed by atoms with Crippen LogP contribution in [0.3, 0.4) is 0 Å². The molecule has 0 saturated carbocycles. The second-order valence-corrected chi connectivity index (χ2v) is 5.71. The van der Waals surface area contributed by atoms with E-state index < -0.39 is 0 Å². The Morgan fingerprint density at radius 1 is 1.33 bits per heavy atom. The Morgan fingerprint density at radius 2 is 2.11 bits per heavy atom. The average Bonchev–Trinajstić information content (AvgIpc) is 2.84. The molecule has 1 aliphatic rings. The zero-order valence-corrected chi connectivity index (χ0v) is 11.8. The normalized spacial score (nSPS) is 18.3. The number of halogens is 1. The molecular weight excluding hydrogens is 268 g/mol. The molecule has 1 fully saturated rings. The smallest absolute Gasteiger partial charge is 0.129 e. The largest absolute Gasteiger partial charge is 0.379 e. The van der Waals surface area contributed by atoms with Crippen molar-refractivity contribution in [3.63, 3.8) is 0 Å². The molecule has 3 rings (SSSR count). The highest BCUT2D eigenvalue weighted by Gasteiger charge is 2.19. The molecule has 0 unspecified atom stereocenters. The Labute approximate surface area is 115 Å². The predicted octanol–water partition coefficient (Wildman–Crippen LogP) is 2.85. The first kappa shape index (κ1) is 12.1. The van der Waals surface area contributed by atoms with E-state index in [9.17, 15) is 0 Å². The molecular formula is C12H15ClN4S. The molecule has 0 amide bonds. The number of fused-ring (bicyclic) bond motifs is 1. The van der Waals surface area contributed by atoms with Crippen LogP contribution in [0.1, 0.15) is 12.8 Å². The van der Waals surface area contributed by atoms with Crippen LogP contribution in [0, 0.1) is 0 Å². The van der Waals surface area contributed by atoms with Gasteiger partial charge in [-0.2, -0.15) is 8.75 Å². The fraction of sp³-hybridized carbons (Fsp3) is 0.500. The minimum atomic E-state index is 0.478. The van der Waals surface area contributed by atoms with Gasteiger partial charge in [0.15, 0.2) is 0 Å². The average molecular weight is 283 g/mol. The van der Waals surface area contributed by atoms with Crippen molar-refractivity contribution in [1.29, 1.82) is 0 Å². The van der Waals surface area contributed by atoms with E-state index >= 15 is 0 Å². The zero-order chi connectivity index (χ0) is 12.5. The van der Waals surface area contributed by atoms with Crippen LogP contribution < -0.4 is 5.32 Å². The van der Waals surface area contributed by atoms with Crippen molar-refractivity contribution in [3.05, 3.63) is 17.2 Å². The highest BCUT2D eigenvalue weighted by Crippen LogP contribution is 2.31. The van der Waals surface area contributed by atoms with Crippen LogP contribution in [0.25, 0.3) is 11.0 Å². The molecule has 0 bridgehead atoms. The predicted molar refractivity (Wildman–Crippen MR) is 76.6 cm³/mol. The number of nitrogens with one attached hydrogen (secondary N) is 1. The molecule has 2 aromatic rings. The SMILES string of the molecule is CN1CCC(Nc2c(Cl)ccc3nsnc23)CC1. The van der Waals surface area contributed by atoms with E-state index in [1.807, 2.05) is 12.1 Å². The van der Waals surface area contributed by atoms with Gasteiger partial charge >= 0.3 is 0 Å². The number of anilines is 1. The van der Waals surface area contributed by atoms with Gasteiger partial charge in [0, 0.05) is 6.04 Å². The van der Waals surface area contributed by atoms with Gasteiger partial charge in [-0.05, 0) is 45.1 Å². The van der Waals surface area contributed by atoms with Crippen molar-refractivity contribution in [3.8, 4) is 0 Å². The van der Waals surface area contributed by atoms with E-state index in [-0.39, 0.29) is 0 Å². The van der Waals surface area contributed by atoms with Gasteiger partial charge in [0.05, 0.1) is 22.4 Å². The number of hydrogen-bond donors (Lipinski definition) is 1. The second-order valence-electron chi connectivity index (χ2n) is 4.78. The van der Waals surface area contributed by atoms with Gasteiger partial charge < -0.3 is 10.2 Å². The van der Waals surface area contributed by atoms with Crippen LogP contribution in [-0.2, 0) is 0 Å². The first-order chi connectivity index (χ1) is 8.74. The standard InChI is InChI=1S/C12H15ClN4S/c1-17-6-4-8(5-7-17)14-11-9(13)2-3-10-12(11)16-18-15-10/h2-3,8,14H,4-7H2,1H3. The number of likely N-dealkylation sites (tertiary alicyclic amines) is 1. The molecule has 1 N–H and O–H groups in total. The molecule has 1 aliphatic heterocycles. The summed E-state index contributed by atoms with van der Waals surface area (Å²) in [6.45, 7) is 2.25. The van der Waals surface area contributed by atoms with Gasteiger partial charge in [0.25, 0.3) is 0 Å². The maximum Gasteiger partial charge on any atom is 0.129 e. The van der Waals surface area contributed by atoms with Crippen LogP contribution in [-0.4, -0.2) is 39.8 Å². The van der Waals surface area contributed by atoms with E-state index in [1.54, 1.807) is 0 Å². The van der Waals surface area contributed by atoms with Crippen LogP contribution >= 0.6 is 23.3 Å². The second kappa shape index (κ2) is 4.99. The minimum Gasteiger partial charge on any atom is -0.379 e. The summed E-state index contributed by atoms with van der Waals surface area (Å²) in [5, 5.41) is 4.28. The lowest BCUT2D eigenvalue weighted by Crippen LogP contribution is -2.36. The third-order valence-corrected chi connectivity index (χ3v) is 4.30. The van der Waals surface area contributed by atoms with Crippen molar-refractivity contribution in [2.24, 2.45) is 0 Å². The van der Waals surface area contributed by atoms with E-state index in [1.165, 1.54) is 11.7 Å². The molecule has 1 saturated heterocycles. The van der Waals surface area contributed by atoms with Crippen LogP contribution in [0.4, 0.5) is 5.69 Å². The highest BCUT2D eigenvalue weighted by molar-refractivity contribution is 7.00. The van der Waals surface area contributed by atoms with Crippen molar-refractivity contribution >= 4 is 40.0 Å². The Kier molecular flexibility index (Phi) is 3.37. The lowest BCUT2D eigenvalue weighted by molar-refractivity contribution is 0.264. The third-order valence-electron chi connectivity index (χ3n) is 3.44. The van der Waals surface area contributed by atoms with Crippen molar-refractivity contribution < 1.29 is 0 Å². The minimum absolute atomic E-state index is 0.478. The van der Waals surface area contributed by atoms with Crippen molar-refractivity contribution in [2.75, 3.05) is 25.5 Å². The molecule has 18 heavy (non-hydrogen) atoms. The zero-order valence-electron chi connectivity index (χ0n) is 10.2. The van der Waals surface area contributed by atoms with Gasteiger partial charge in [-0.1, -0.05) is 11.6 Å². The first-order valence-corrected chi connectivity index (χ1v) is 7.21. The van der Waals surface area contributed by atoms with Gasteiger partial charge in [-0.15, -0.1) is 0 Å². The summed E-state index contributed by atoms with van der Waals surface area (Å²) in [7, 11) is 2.16. The Balaban J connectivity index is 1.85. The van der Waals surface area contributed by atoms with E-state index in [0.717, 1.165) is 47.7 Å². The number of rotatable bonds is 2. The molecule has 0 radical (unpaired) electrons. The van der Waals surface area contributed by atoms with Crippen molar-refractivity contribution in [2.45, 2.75) is 18.9 Å². The number of nitrogens with zero attached hydrogens (tertiary/aromatic N) is 3. The van der Waals surface area contributed by atoms with Gasteiger partial charge in [-0.25, -0.2) is 0 Å². The Hall–Kier alpha value is -0.910. The molecule has 96 valence electrons. The molecule has 4 nitrogen and oxygen atoms in total. The van der Waals surface area contributed by atoms with E-state index in [2.05, 4.69) is 26.0 Å². The molecule has 0 spiro atoms. The summed E-state index contributed by atoms with van der Waals surface area (Å²) in [6, 6.07) is 4.29. The molecule has 2 heterocycles. The number of piperidine rings is 1. The Morgan fingerprint density at radius 3 is 2.89 bits per heavy atom. The fourth-order valence-corrected chi connectivity index (χ4v) is 3.07. The van der Waals surface area contributed by atoms with Gasteiger partial charge in [0.2, 0.25) is 0 Å². The topological polar surface area (TPSA) is 41.0 Å².